The number of likely N-dealkylation sites (tertiary alicyclic amines) is 1. The van der Waals surface area contributed by atoms with Crippen LogP contribution >= 0.6 is 0 Å². The number of nitrogens with zero attached hydrogens (tertiary/aromatic N) is 4. The molecule has 1 aromatic rings. The predicted molar refractivity (Wildman–Crippen MR) is 109 cm³/mol. The summed E-state index contributed by atoms with van der Waals surface area (Å²) in [6.07, 6.45) is 3.74. The Kier molecular flexibility index (Phi) is 5.99. The van der Waals surface area contributed by atoms with Crippen molar-refractivity contribution in [2.45, 2.75) is 56.3 Å². The summed E-state index contributed by atoms with van der Waals surface area (Å²) in [5.41, 5.74) is 5.65. The van der Waals surface area contributed by atoms with Crippen molar-refractivity contribution in [1.82, 2.24) is 25.3 Å². The Morgan fingerprint density at radius 1 is 1.29 bits per heavy atom. The first-order chi connectivity index (χ1) is 14.7. The zero-order valence-corrected chi connectivity index (χ0v) is 17.5. The fourth-order valence-electron chi connectivity index (χ4n) is 4.77. The molecule has 2 fully saturated rings. The van der Waals surface area contributed by atoms with E-state index in [1.165, 1.54) is 43.6 Å². The van der Waals surface area contributed by atoms with Crippen LogP contribution in [-0.4, -0.2) is 59.5 Å². The van der Waals surface area contributed by atoms with Gasteiger partial charge in [0.25, 0.3) is 0 Å². The van der Waals surface area contributed by atoms with Crippen LogP contribution in [0.5, 0.6) is 0 Å². The molecule has 1 unspecified atom stereocenters. The van der Waals surface area contributed by atoms with Crippen LogP contribution in [0.2, 0.25) is 0 Å². The average Bonchev–Trinajstić information content (AvgIpc) is 3.39. The molecule has 1 saturated carbocycles. The summed E-state index contributed by atoms with van der Waals surface area (Å²) in [6.45, 7) is 2.10. The summed E-state index contributed by atoms with van der Waals surface area (Å²) in [6, 6.07) is -0.435. The third-order valence-corrected chi connectivity index (χ3v) is 6.49. The lowest BCUT2D eigenvalue weighted by Crippen LogP contribution is -2.52. The van der Waals surface area contributed by atoms with Crippen LogP contribution < -0.4 is 16.4 Å². The Bertz CT molecular complexity index is 843. The van der Waals surface area contributed by atoms with E-state index in [1.54, 1.807) is 6.20 Å². The Morgan fingerprint density at radius 3 is 2.68 bits per heavy atom. The summed E-state index contributed by atoms with van der Waals surface area (Å²) < 4.78 is 56.0. The Hall–Kier alpha value is -2.14. The van der Waals surface area contributed by atoms with Crippen LogP contribution in [0.1, 0.15) is 43.7 Å². The summed E-state index contributed by atoms with van der Waals surface area (Å²) in [5, 5.41) is 9.23. The van der Waals surface area contributed by atoms with Crippen molar-refractivity contribution in [1.29, 1.82) is 0 Å². The molecule has 4 N–H and O–H groups in total. The molecule has 1 saturated heterocycles. The van der Waals surface area contributed by atoms with E-state index in [0.29, 0.717) is 24.4 Å². The number of amidine groups is 1. The second-order valence-electron chi connectivity index (χ2n) is 8.67. The third kappa shape index (κ3) is 4.57. The zero-order chi connectivity index (χ0) is 22.2. The molecular formula is C20H29F4N7. The number of piperidine rings is 1. The summed E-state index contributed by atoms with van der Waals surface area (Å²) >= 11 is 0. The molecule has 3 aliphatic rings. The van der Waals surface area contributed by atoms with Gasteiger partial charge in [-0.3, -0.25) is 10.4 Å². The number of hydrogen-bond acceptors (Lipinski definition) is 6. The van der Waals surface area contributed by atoms with E-state index >= 15 is 0 Å². The van der Waals surface area contributed by atoms with Crippen LogP contribution in [0, 0.1) is 5.92 Å². The monoisotopic (exact) mass is 443 g/mol. The molecule has 3 atom stereocenters. The molecule has 172 valence electrons. The molecule has 0 amide bonds. The minimum absolute atomic E-state index is 0.360. The van der Waals surface area contributed by atoms with Crippen LogP contribution in [0.25, 0.3) is 0 Å². The van der Waals surface area contributed by atoms with E-state index in [1.807, 2.05) is 0 Å². The molecule has 0 spiro atoms. The number of nitrogens with one attached hydrogen (secondary N) is 2. The molecule has 3 heterocycles. The lowest BCUT2D eigenvalue weighted by molar-refractivity contribution is -0.0872. The van der Waals surface area contributed by atoms with E-state index < -0.39 is 29.7 Å². The van der Waals surface area contributed by atoms with Gasteiger partial charge in [0.2, 0.25) is 5.79 Å². The summed E-state index contributed by atoms with van der Waals surface area (Å²) in [7, 11) is 1.35. The number of alkyl halides is 4. The van der Waals surface area contributed by atoms with Gasteiger partial charge < -0.3 is 15.5 Å². The van der Waals surface area contributed by atoms with Crippen LogP contribution in [-0.2, 0) is 5.79 Å². The van der Waals surface area contributed by atoms with Gasteiger partial charge in [-0.25, -0.2) is 9.38 Å². The number of halogens is 4. The lowest BCUT2D eigenvalue weighted by atomic mass is 10.0. The van der Waals surface area contributed by atoms with Crippen LogP contribution in [0.3, 0.4) is 0 Å². The number of aliphatic imine (C=N–C) groups is 1. The smallest absolute Gasteiger partial charge is 0.373 e. The summed E-state index contributed by atoms with van der Waals surface area (Å²) in [4.78, 5) is 6.22. The van der Waals surface area contributed by atoms with Gasteiger partial charge in [-0.05, 0) is 25.2 Å². The molecule has 0 aromatic carbocycles. The van der Waals surface area contributed by atoms with Crippen molar-refractivity contribution in [2.75, 3.05) is 26.7 Å². The van der Waals surface area contributed by atoms with E-state index in [9.17, 15) is 17.6 Å². The fourth-order valence-corrected chi connectivity index (χ4v) is 4.77. The van der Waals surface area contributed by atoms with Gasteiger partial charge in [-0.2, -0.15) is 18.3 Å². The standard InChI is InChI=1S/C20H29F4N7/c1-26-18-15(19(22,23)24)9-27-20(25,29-18)14-8-28-31(11-14)17-6-7-30(12-16(17)21)10-13-4-2-3-5-13/h8-9,11,13,16-17,27H,2-7,10,12,25H2,1H3,(H,26,29)/t16-,17-,20?/m1/s1. The zero-order valence-electron chi connectivity index (χ0n) is 17.5. The van der Waals surface area contributed by atoms with Gasteiger partial charge in [0.05, 0.1) is 17.8 Å². The second-order valence-corrected chi connectivity index (χ2v) is 8.67. The van der Waals surface area contributed by atoms with Gasteiger partial charge in [0.1, 0.15) is 17.6 Å². The third-order valence-electron chi connectivity index (χ3n) is 6.49. The normalized spacial score (nSPS) is 30.6. The van der Waals surface area contributed by atoms with Crippen molar-refractivity contribution in [2.24, 2.45) is 16.6 Å². The van der Waals surface area contributed by atoms with Gasteiger partial charge in [0.15, 0.2) is 0 Å². The molecule has 11 heteroatoms. The van der Waals surface area contributed by atoms with Crippen molar-refractivity contribution >= 4 is 5.84 Å². The van der Waals surface area contributed by atoms with Gasteiger partial charge >= 0.3 is 6.18 Å². The number of nitrogens with two attached hydrogens (primary N) is 1. The van der Waals surface area contributed by atoms with E-state index in [-0.39, 0.29) is 5.84 Å². The van der Waals surface area contributed by atoms with E-state index in [4.69, 9.17) is 5.73 Å². The first kappa shape index (κ1) is 22.1. The average molecular weight is 443 g/mol. The Balaban J connectivity index is 1.45. The van der Waals surface area contributed by atoms with Crippen LogP contribution in [0.15, 0.2) is 29.2 Å². The Labute approximate surface area is 178 Å². The second kappa shape index (κ2) is 8.42. The highest BCUT2D eigenvalue weighted by Crippen LogP contribution is 2.33. The Morgan fingerprint density at radius 2 is 2.03 bits per heavy atom. The first-order valence-electron chi connectivity index (χ1n) is 10.7. The fraction of sp³-hybridized carbons (Fsp3) is 0.700. The minimum atomic E-state index is -4.58. The highest BCUT2D eigenvalue weighted by molar-refractivity contribution is 6.00. The first-order valence-corrected chi connectivity index (χ1v) is 10.7. The lowest BCUT2D eigenvalue weighted by Gasteiger charge is -2.36. The van der Waals surface area contributed by atoms with Crippen molar-refractivity contribution in [3.05, 3.63) is 29.7 Å². The van der Waals surface area contributed by atoms with Crippen molar-refractivity contribution in [3.63, 3.8) is 0 Å². The number of rotatable bonds is 4. The highest BCUT2D eigenvalue weighted by Gasteiger charge is 2.42. The summed E-state index contributed by atoms with van der Waals surface area (Å²) in [5.74, 6) is -1.33. The minimum Gasteiger partial charge on any atom is -0.373 e. The maximum Gasteiger partial charge on any atom is 0.421 e. The topological polar surface area (TPSA) is 83.5 Å². The molecule has 2 aliphatic heterocycles. The molecule has 1 aromatic heterocycles. The van der Waals surface area contributed by atoms with Gasteiger partial charge in [-0.1, -0.05) is 12.8 Å². The molecule has 0 bridgehead atoms. The number of aromatic nitrogens is 2. The van der Waals surface area contributed by atoms with Crippen molar-refractivity contribution < 1.29 is 17.6 Å². The van der Waals surface area contributed by atoms with Crippen LogP contribution in [0.4, 0.5) is 17.6 Å². The molecular weight excluding hydrogens is 414 g/mol. The van der Waals surface area contributed by atoms with Crippen molar-refractivity contribution in [3.8, 4) is 0 Å². The largest absolute Gasteiger partial charge is 0.421 e. The maximum atomic E-state index is 15.0. The van der Waals surface area contributed by atoms with Gasteiger partial charge in [-0.15, -0.1) is 0 Å². The molecule has 31 heavy (non-hydrogen) atoms. The van der Waals surface area contributed by atoms with E-state index in [0.717, 1.165) is 19.3 Å². The molecule has 4 rings (SSSR count). The molecule has 7 nitrogen and oxygen atoms in total. The van der Waals surface area contributed by atoms with E-state index in [2.05, 4.69) is 25.6 Å². The quantitative estimate of drug-likeness (QED) is 0.623. The molecule has 1 aliphatic carbocycles. The van der Waals surface area contributed by atoms with Gasteiger partial charge in [0, 0.05) is 39.1 Å². The predicted octanol–water partition coefficient (Wildman–Crippen LogP) is 2.39. The number of likely N-dealkylation sites (N-methyl/N-ethyl adjacent to an activating group) is 1. The number of hydrogen-bond donors (Lipinski definition) is 3. The highest BCUT2D eigenvalue weighted by atomic mass is 19.4. The molecule has 0 radical (unpaired) electrons. The SMILES string of the molecule is CNC1=NC(N)(c2cnn([C@@H]3CCN(CC4CCCC4)C[C@H]3F)c2)NC=C1C(F)(F)F. The maximum absolute atomic E-state index is 15.0.